The normalized spacial score (nSPS) is 31.8. The van der Waals surface area contributed by atoms with Crippen LogP contribution in [0.2, 0.25) is 0 Å². The van der Waals surface area contributed by atoms with Crippen molar-refractivity contribution in [3.8, 4) is 5.69 Å². The summed E-state index contributed by atoms with van der Waals surface area (Å²) < 4.78 is 1.96. The van der Waals surface area contributed by atoms with Crippen LogP contribution in [-0.4, -0.2) is 37.5 Å². The van der Waals surface area contributed by atoms with E-state index < -0.39 is 5.91 Å². The average Bonchev–Trinajstić information content (AvgIpc) is 3.47. The second-order valence-electron chi connectivity index (χ2n) is 9.75. The van der Waals surface area contributed by atoms with Gasteiger partial charge < -0.3 is 0 Å². The van der Waals surface area contributed by atoms with Gasteiger partial charge in [-0.25, -0.2) is 0 Å². The monoisotopic (exact) mass is 431 g/mol. The third-order valence-corrected chi connectivity index (χ3v) is 7.63. The summed E-state index contributed by atoms with van der Waals surface area (Å²) in [6, 6.07) is 7.02. The molecule has 3 fully saturated rings. The molecule has 164 valence electrons. The Morgan fingerprint density at radius 3 is 2.16 bits per heavy atom. The summed E-state index contributed by atoms with van der Waals surface area (Å²) in [6.45, 7) is 5.98. The molecule has 5 aliphatic rings. The molecule has 1 aromatic heterocycles. The molecule has 1 saturated heterocycles. The molecule has 2 saturated carbocycles. The zero-order chi connectivity index (χ0) is 22.3. The third-order valence-electron chi connectivity index (χ3n) is 7.63. The van der Waals surface area contributed by atoms with Crippen LogP contribution in [0, 0.1) is 42.4 Å². The molecule has 2 aromatic rings. The van der Waals surface area contributed by atoms with E-state index in [0.29, 0.717) is 17.4 Å². The molecular weight excluding hydrogens is 406 g/mol. The van der Waals surface area contributed by atoms with Crippen LogP contribution in [0.5, 0.6) is 0 Å². The Bertz CT molecular complexity index is 1140. The first-order valence-corrected chi connectivity index (χ1v) is 11.3. The number of benzene rings is 1. The molecule has 2 bridgehead atoms. The van der Waals surface area contributed by atoms with Crippen LogP contribution in [0.1, 0.15) is 48.2 Å². The molecule has 0 unspecified atom stereocenters. The minimum Gasteiger partial charge on any atom is -0.283 e. The van der Waals surface area contributed by atoms with Crippen molar-refractivity contribution in [2.24, 2.45) is 35.5 Å². The smallest absolute Gasteiger partial charge is 0.270 e. The van der Waals surface area contributed by atoms with Crippen molar-refractivity contribution in [2.75, 3.05) is 0 Å². The average molecular weight is 431 g/mol. The first-order chi connectivity index (χ1) is 15.4. The van der Waals surface area contributed by atoms with E-state index in [9.17, 15) is 14.4 Å². The Balaban J connectivity index is 1.21. The number of amides is 3. The molecule has 1 aliphatic heterocycles. The van der Waals surface area contributed by atoms with Gasteiger partial charge in [-0.1, -0.05) is 26.0 Å². The van der Waals surface area contributed by atoms with E-state index in [4.69, 9.17) is 0 Å². The van der Waals surface area contributed by atoms with E-state index in [1.807, 2.05) is 23.6 Å². The molecule has 0 radical (unpaired) electrons. The fourth-order valence-electron chi connectivity index (χ4n) is 6.07. The number of carbonyl (C=O) groups excluding carboxylic acids is 3. The van der Waals surface area contributed by atoms with Crippen molar-refractivity contribution in [1.82, 2.24) is 25.2 Å². The van der Waals surface area contributed by atoms with Gasteiger partial charge in [-0.3, -0.25) is 24.4 Å². The number of imide groups is 1. The predicted molar refractivity (Wildman–Crippen MR) is 114 cm³/mol. The molecule has 6 atom stereocenters. The highest BCUT2D eigenvalue weighted by Crippen LogP contribution is 2.65. The SMILES string of the molecule is Cc1nnc(C(C)C)n1-c1ccc(C(=O)NN2C(=O)[C@@H]3[C@@H]4C=C[C@@H]([C@H]5C[C@@H]45)[C@@H]3C2=O)cc1. The second-order valence-corrected chi connectivity index (χ2v) is 9.75. The van der Waals surface area contributed by atoms with Gasteiger partial charge in [-0.05, 0) is 61.3 Å². The number of carbonyl (C=O) groups is 3. The summed E-state index contributed by atoms with van der Waals surface area (Å²) >= 11 is 0. The summed E-state index contributed by atoms with van der Waals surface area (Å²) in [6.07, 6.45) is 5.35. The Kier molecular flexibility index (Phi) is 4.00. The molecule has 1 aromatic carbocycles. The van der Waals surface area contributed by atoms with E-state index in [2.05, 4.69) is 41.6 Å². The standard InChI is InChI=1S/C24H25N5O3/c1-11(2)21-26-25-12(3)28(21)14-6-4-13(5-7-14)22(30)27-29-23(31)19-15-8-9-16(18-10-17(15)18)20(19)24(29)32/h4-9,11,15-20H,10H2,1-3H3,(H,27,30)/t15-,16+,17+,18-,19-,20+. The summed E-state index contributed by atoms with van der Waals surface area (Å²) in [5.41, 5.74) is 3.82. The zero-order valence-electron chi connectivity index (χ0n) is 18.2. The maximum absolute atomic E-state index is 13.1. The van der Waals surface area contributed by atoms with Crippen molar-refractivity contribution < 1.29 is 14.4 Å². The van der Waals surface area contributed by atoms with Crippen LogP contribution < -0.4 is 5.43 Å². The van der Waals surface area contributed by atoms with Gasteiger partial charge in [0.05, 0.1) is 11.8 Å². The fraction of sp³-hybridized carbons (Fsp3) is 0.458. The number of allylic oxidation sites excluding steroid dienone is 2. The number of aryl methyl sites for hydroxylation is 1. The molecule has 3 amide bonds. The quantitative estimate of drug-likeness (QED) is 0.592. The van der Waals surface area contributed by atoms with Crippen LogP contribution in [0.25, 0.3) is 5.69 Å². The van der Waals surface area contributed by atoms with Crippen molar-refractivity contribution in [1.29, 1.82) is 0 Å². The molecule has 1 N–H and O–H groups in total. The van der Waals surface area contributed by atoms with Gasteiger partial charge in [0.2, 0.25) is 0 Å². The van der Waals surface area contributed by atoms with Crippen molar-refractivity contribution in [3.05, 3.63) is 53.6 Å². The summed E-state index contributed by atoms with van der Waals surface area (Å²) in [5.74, 6) is 1.49. The molecule has 0 spiro atoms. The molecule has 8 heteroatoms. The van der Waals surface area contributed by atoms with Crippen molar-refractivity contribution >= 4 is 17.7 Å². The lowest BCUT2D eigenvalue weighted by Crippen LogP contribution is -2.46. The van der Waals surface area contributed by atoms with E-state index in [1.165, 1.54) is 0 Å². The lowest BCUT2D eigenvalue weighted by atomic mass is 9.63. The first-order valence-electron chi connectivity index (χ1n) is 11.3. The van der Waals surface area contributed by atoms with Crippen LogP contribution in [0.3, 0.4) is 0 Å². The number of hydrogen-bond donors (Lipinski definition) is 1. The summed E-state index contributed by atoms with van der Waals surface area (Å²) in [5, 5.41) is 9.38. The van der Waals surface area contributed by atoms with E-state index in [0.717, 1.165) is 28.8 Å². The predicted octanol–water partition coefficient (Wildman–Crippen LogP) is 2.40. The minimum atomic E-state index is -0.466. The number of rotatable bonds is 4. The molecule has 4 aliphatic carbocycles. The Morgan fingerprint density at radius 1 is 1.00 bits per heavy atom. The molecule has 8 nitrogen and oxygen atoms in total. The molecule has 7 rings (SSSR count). The number of hydrogen-bond acceptors (Lipinski definition) is 5. The number of nitrogens with zero attached hydrogens (tertiary/aromatic N) is 4. The van der Waals surface area contributed by atoms with Gasteiger partial charge in [-0.15, -0.1) is 10.2 Å². The Morgan fingerprint density at radius 2 is 1.59 bits per heavy atom. The second kappa shape index (κ2) is 6.60. The first kappa shape index (κ1) is 19.4. The fourth-order valence-corrected chi connectivity index (χ4v) is 6.07. The zero-order valence-corrected chi connectivity index (χ0v) is 18.2. The number of nitrogens with one attached hydrogen (secondary N) is 1. The molecule has 32 heavy (non-hydrogen) atoms. The van der Waals surface area contributed by atoms with Gasteiger partial charge in [-0.2, -0.15) is 5.01 Å². The van der Waals surface area contributed by atoms with E-state index in [-0.39, 0.29) is 41.4 Å². The summed E-state index contributed by atoms with van der Waals surface area (Å²) in [7, 11) is 0. The summed E-state index contributed by atoms with van der Waals surface area (Å²) in [4.78, 5) is 39.0. The minimum absolute atomic E-state index is 0.134. The topological polar surface area (TPSA) is 97.2 Å². The van der Waals surface area contributed by atoms with Gasteiger partial charge in [0, 0.05) is 17.2 Å². The third kappa shape index (κ3) is 2.58. The highest BCUT2D eigenvalue weighted by molar-refractivity contribution is 6.08. The van der Waals surface area contributed by atoms with Gasteiger partial charge >= 0.3 is 0 Å². The molecular formula is C24H25N5O3. The van der Waals surface area contributed by atoms with Crippen molar-refractivity contribution in [3.63, 3.8) is 0 Å². The van der Waals surface area contributed by atoms with Crippen LogP contribution in [0.15, 0.2) is 36.4 Å². The van der Waals surface area contributed by atoms with Gasteiger partial charge in [0.1, 0.15) is 11.6 Å². The van der Waals surface area contributed by atoms with Gasteiger partial charge in [0.25, 0.3) is 17.7 Å². The highest BCUT2D eigenvalue weighted by atomic mass is 16.2. The Hall–Kier alpha value is -3.29. The maximum atomic E-state index is 13.1. The highest BCUT2D eigenvalue weighted by Gasteiger charge is 2.67. The van der Waals surface area contributed by atoms with E-state index >= 15 is 0 Å². The van der Waals surface area contributed by atoms with Gasteiger partial charge in [0.15, 0.2) is 0 Å². The Labute approximate surface area is 185 Å². The number of hydrazine groups is 1. The van der Waals surface area contributed by atoms with E-state index in [1.54, 1.807) is 12.1 Å². The lowest BCUT2D eigenvalue weighted by molar-refractivity contribution is -0.143. The van der Waals surface area contributed by atoms with Crippen LogP contribution in [0.4, 0.5) is 0 Å². The maximum Gasteiger partial charge on any atom is 0.270 e. The lowest BCUT2D eigenvalue weighted by Gasteiger charge is -2.37. The largest absolute Gasteiger partial charge is 0.283 e. The number of aromatic nitrogens is 3. The van der Waals surface area contributed by atoms with Crippen molar-refractivity contribution in [2.45, 2.75) is 33.1 Å². The molecule has 2 heterocycles. The van der Waals surface area contributed by atoms with Crippen LogP contribution >= 0.6 is 0 Å². The van der Waals surface area contributed by atoms with Crippen LogP contribution in [-0.2, 0) is 9.59 Å².